The van der Waals surface area contributed by atoms with Crippen LogP contribution in [-0.4, -0.2) is 32.2 Å². The molecular weight excluding hydrogens is 554 g/mol. The third-order valence-electron chi connectivity index (χ3n) is 7.19. The number of amides is 1. The molecule has 0 fully saturated rings. The van der Waals surface area contributed by atoms with E-state index in [2.05, 4.69) is 33.3 Å². The van der Waals surface area contributed by atoms with Gasteiger partial charge in [-0.1, -0.05) is 44.2 Å². The van der Waals surface area contributed by atoms with Gasteiger partial charge in [0.15, 0.2) is 0 Å². The summed E-state index contributed by atoms with van der Waals surface area (Å²) in [4.78, 5) is 39.5. The summed E-state index contributed by atoms with van der Waals surface area (Å²) in [6.45, 7) is 11.4. The molecule has 0 atom stereocenters. The van der Waals surface area contributed by atoms with Crippen LogP contribution >= 0.6 is 0 Å². The molecule has 228 valence electrons. The van der Waals surface area contributed by atoms with Crippen LogP contribution in [0.2, 0.25) is 0 Å². The Labute approximate surface area is 257 Å². The summed E-state index contributed by atoms with van der Waals surface area (Å²) in [5.41, 5.74) is 11.2. The van der Waals surface area contributed by atoms with Crippen LogP contribution in [0.15, 0.2) is 84.2 Å². The van der Waals surface area contributed by atoms with Crippen LogP contribution < -0.4 is 21.5 Å². The lowest BCUT2D eigenvalue weighted by molar-refractivity contribution is 0.159. The van der Waals surface area contributed by atoms with E-state index in [4.69, 9.17) is 10.5 Å². The summed E-state index contributed by atoms with van der Waals surface area (Å²) >= 11 is 0. The van der Waals surface area contributed by atoms with Crippen LogP contribution in [0.4, 0.5) is 22.2 Å². The summed E-state index contributed by atoms with van der Waals surface area (Å²) < 4.78 is 6.99. The third kappa shape index (κ3) is 7.38. The van der Waals surface area contributed by atoms with Gasteiger partial charge < -0.3 is 20.4 Å². The predicted molar refractivity (Wildman–Crippen MR) is 176 cm³/mol. The van der Waals surface area contributed by atoms with Crippen LogP contribution in [0.5, 0.6) is 0 Å². The highest BCUT2D eigenvalue weighted by atomic mass is 16.6. The number of nitrogens with zero attached hydrogens (tertiary/aromatic N) is 5. The molecule has 0 bridgehead atoms. The van der Waals surface area contributed by atoms with E-state index in [1.807, 2.05) is 57.2 Å². The molecule has 5 rings (SSSR count). The number of anilines is 3. The Kier molecular flexibility index (Phi) is 10.6. The van der Waals surface area contributed by atoms with E-state index in [0.29, 0.717) is 30.5 Å². The number of rotatable bonds is 9. The van der Waals surface area contributed by atoms with Crippen molar-refractivity contribution in [1.29, 1.82) is 0 Å². The number of ether oxygens (including phenoxy) is 1. The molecule has 44 heavy (non-hydrogen) atoms. The second kappa shape index (κ2) is 14.8. The number of nitrogens with two attached hydrogens (primary N) is 1. The number of nitrogen functional groups attached to an aromatic ring is 1. The van der Waals surface area contributed by atoms with E-state index in [1.165, 1.54) is 17.3 Å². The molecule has 0 aliphatic heterocycles. The van der Waals surface area contributed by atoms with Gasteiger partial charge in [-0.25, -0.2) is 19.7 Å². The number of fused-ring (bicyclic) bond motifs is 1. The first-order valence-corrected chi connectivity index (χ1v) is 14.7. The zero-order valence-electron chi connectivity index (χ0n) is 25.9. The van der Waals surface area contributed by atoms with Crippen molar-refractivity contribution in [3.05, 3.63) is 118 Å². The van der Waals surface area contributed by atoms with E-state index < -0.39 is 6.09 Å². The van der Waals surface area contributed by atoms with Crippen molar-refractivity contribution >= 4 is 34.3 Å². The largest absolute Gasteiger partial charge is 0.449 e. The lowest BCUT2D eigenvalue weighted by Crippen LogP contribution is -2.32. The summed E-state index contributed by atoms with van der Waals surface area (Å²) in [5.74, 6) is 1.50. The molecule has 10 nitrogen and oxygen atoms in total. The summed E-state index contributed by atoms with van der Waals surface area (Å²) in [6, 6.07) is 18.6. The van der Waals surface area contributed by atoms with Gasteiger partial charge in [0.05, 0.1) is 19.7 Å². The fourth-order valence-corrected chi connectivity index (χ4v) is 4.93. The molecule has 3 aromatic heterocycles. The Hall–Kier alpha value is -5.25. The minimum atomic E-state index is -0.505. The van der Waals surface area contributed by atoms with E-state index in [1.54, 1.807) is 36.0 Å². The van der Waals surface area contributed by atoms with Crippen LogP contribution in [0, 0.1) is 13.8 Å². The Morgan fingerprint density at radius 2 is 1.73 bits per heavy atom. The van der Waals surface area contributed by atoms with Crippen molar-refractivity contribution in [3.63, 3.8) is 0 Å². The smallest absolute Gasteiger partial charge is 0.415 e. The molecule has 2 aromatic carbocycles. The number of carbonyl (C=O) groups excluding carboxylic acids is 1. The topological polar surface area (TPSA) is 128 Å². The van der Waals surface area contributed by atoms with Crippen molar-refractivity contribution in [2.45, 2.75) is 54.3 Å². The number of aromatic nitrogens is 4. The highest BCUT2D eigenvalue weighted by molar-refractivity contribution is 5.94. The minimum Gasteiger partial charge on any atom is -0.449 e. The van der Waals surface area contributed by atoms with Crippen molar-refractivity contribution < 1.29 is 9.53 Å². The average molecular weight is 594 g/mol. The standard InChI is InChI=1S/C32H33N7O3.C2H6/c1-4-42-32(41)39(19-24-10-8-23(9-11-24)18-38-14-6-5-7-30(38)40)29-16-28(36-20-37-29)35-17-27-21(2)15-26-25(22(27)3)12-13-34-31(26)33;1-2/h5-16,20H,4,17-19H2,1-3H3,(H2,33,34)(H,35,36,37);1-2H3. The first-order valence-electron chi connectivity index (χ1n) is 14.7. The van der Waals surface area contributed by atoms with Gasteiger partial charge in [-0.15, -0.1) is 0 Å². The number of hydrogen-bond donors (Lipinski definition) is 2. The summed E-state index contributed by atoms with van der Waals surface area (Å²) in [6.07, 6.45) is 4.40. The summed E-state index contributed by atoms with van der Waals surface area (Å²) in [7, 11) is 0. The zero-order valence-corrected chi connectivity index (χ0v) is 25.9. The number of pyridine rings is 2. The SMILES string of the molecule is CC.CCOC(=O)N(Cc1ccc(Cn2ccccc2=O)cc1)c1cc(NCc2c(C)cc3c(N)nccc3c2C)ncn1. The normalized spacial score (nSPS) is 10.6. The van der Waals surface area contributed by atoms with Crippen molar-refractivity contribution in [3.8, 4) is 0 Å². The van der Waals surface area contributed by atoms with Crippen LogP contribution in [0.3, 0.4) is 0 Å². The molecule has 3 heterocycles. The molecule has 0 spiro atoms. The van der Waals surface area contributed by atoms with E-state index in [9.17, 15) is 9.59 Å². The van der Waals surface area contributed by atoms with Gasteiger partial charge in [0.1, 0.15) is 23.8 Å². The number of nitrogens with one attached hydrogen (secondary N) is 1. The lowest BCUT2D eigenvalue weighted by Gasteiger charge is -2.22. The van der Waals surface area contributed by atoms with Crippen molar-refractivity contribution in [1.82, 2.24) is 19.5 Å². The maximum Gasteiger partial charge on any atom is 0.415 e. The van der Waals surface area contributed by atoms with Gasteiger partial charge >= 0.3 is 6.09 Å². The molecule has 5 aromatic rings. The van der Waals surface area contributed by atoms with Gasteiger partial charge in [0, 0.05) is 36.5 Å². The second-order valence-electron chi connectivity index (χ2n) is 9.97. The number of aryl methyl sites for hydroxylation is 2. The number of benzene rings is 2. The first kappa shape index (κ1) is 31.7. The Balaban J connectivity index is 0.00000216. The van der Waals surface area contributed by atoms with Gasteiger partial charge in [0.25, 0.3) is 5.56 Å². The molecule has 0 radical (unpaired) electrons. The van der Waals surface area contributed by atoms with Gasteiger partial charge in [-0.2, -0.15) is 0 Å². The fourth-order valence-electron chi connectivity index (χ4n) is 4.93. The molecule has 0 unspecified atom stereocenters. The zero-order chi connectivity index (χ0) is 31.6. The van der Waals surface area contributed by atoms with Gasteiger partial charge in [-0.05, 0) is 72.2 Å². The molecule has 3 N–H and O–H groups in total. The van der Waals surface area contributed by atoms with Crippen LogP contribution in [-0.2, 0) is 24.4 Å². The maximum atomic E-state index is 13.0. The van der Waals surface area contributed by atoms with Gasteiger partial charge in [-0.3, -0.25) is 9.69 Å². The molecule has 10 heteroatoms. The van der Waals surface area contributed by atoms with Crippen LogP contribution in [0.1, 0.15) is 48.6 Å². The van der Waals surface area contributed by atoms with Crippen LogP contribution in [0.25, 0.3) is 10.8 Å². The van der Waals surface area contributed by atoms with Gasteiger partial charge in [0.2, 0.25) is 0 Å². The maximum absolute atomic E-state index is 13.0. The molecule has 0 saturated heterocycles. The Morgan fingerprint density at radius 3 is 2.45 bits per heavy atom. The lowest BCUT2D eigenvalue weighted by atomic mass is 9.96. The van der Waals surface area contributed by atoms with Crippen molar-refractivity contribution in [2.75, 3.05) is 22.6 Å². The summed E-state index contributed by atoms with van der Waals surface area (Å²) in [5, 5.41) is 5.38. The molecule has 0 aliphatic rings. The average Bonchev–Trinajstić information content (AvgIpc) is 3.03. The first-order chi connectivity index (χ1) is 21.3. The number of hydrogen-bond acceptors (Lipinski definition) is 8. The predicted octanol–water partition coefficient (Wildman–Crippen LogP) is 6.24. The second-order valence-corrected chi connectivity index (χ2v) is 9.97. The monoisotopic (exact) mass is 593 g/mol. The molecular formula is C34H39N7O3. The molecule has 0 aliphatic carbocycles. The quantitative estimate of drug-likeness (QED) is 0.206. The highest BCUT2D eigenvalue weighted by Crippen LogP contribution is 2.28. The Bertz CT molecular complexity index is 1790. The molecule has 1 amide bonds. The Morgan fingerprint density at radius 1 is 0.977 bits per heavy atom. The highest BCUT2D eigenvalue weighted by Gasteiger charge is 2.20. The van der Waals surface area contributed by atoms with E-state index in [0.717, 1.165) is 38.6 Å². The fraction of sp³-hybridized carbons (Fsp3) is 0.265. The minimum absolute atomic E-state index is 0.0591. The van der Waals surface area contributed by atoms with E-state index in [-0.39, 0.29) is 18.7 Å². The van der Waals surface area contributed by atoms with E-state index >= 15 is 0 Å². The molecule has 0 saturated carbocycles. The van der Waals surface area contributed by atoms with Crippen molar-refractivity contribution in [2.24, 2.45) is 0 Å². The third-order valence-corrected chi connectivity index (χ3v) is 7.19. The number of carbonyl (C=O) groups is 1.